The summed E-state index contributed by atoms with van der Waals surface area (Å²) in [7, 11) is 0. The smallest absolute Gasteiger partial charge is 0.232 e. The number of aryl methyl sites for hydroxylation is 2. The van der Waals surface area contributed by atoms with E-state index in [9.17, 15) is 0 Å². The van der Waals surface area contributed by atoms with Crippen molar-refractivity contribution >= 4 is 39.3 Å². The largest absolute Gasteiger partial charge is 0.379 e. The second-order valence-corrected chi connectivity index (χ2v) is 10.2. The predicted octanol–water partition coefficient (Wildman–Crippen LogP) is 4.09. The maximum Gasteiger partial charge on any atom is 0.232 e. The van der Waals surface area contributed by atoms with Crippen LogP contribution in [0.25, 0.3) is 10.2 Å². The summed E-state index contributed by atoms with van der Waals surface area (Å²) in [6.45, 7) is 3.92. The summed E-state index contributed by atoms with van der Waals surface area (Å²) in [5.74, 6) is 2.27. The molecule has 9 heteroatoms. The molecule has 0 bridgehead atoms. The van der Waals surface area contributed by atoms with Gasteiger partial charge in [-0.3, -0.25) is 10.2 Å². The summed E-state index contributed by atoms with van der Waals surface area (Å²) in [6.07, 6.45) is 13.2. The molecule has 170 valence electrons. The third-order valence-corrected chi connectivity index (χ3v) is 8.33. The molecule has 1 saturated heterocycles. The molecule has 0 atom stereocenters. The number of hydrogen-bond acceptors (Lipinski definition) is 8. The van der Waals surface area contributed by atoms with Crippen LogP contribution in [0, 0.1) is 0 Å². The van der Waals surface area contributed by atoms with Gasteiger partial charge in [0.25, 0.3) is 0 Å². The normalized spacial score (nSPS) is 24.4. The molecule has 0 amide bonds. The van der Waals surface area contributed by atoms with Crippen LogP contribution in [0.3, 0.4) is 0 Å². The molecule has 1 aliphatic heterocycles. The molecule has 3 aliphatic rings. The molecule has 32 heavy (non-hydrogen) atoms. The number of aromatic nitrogens is 4. The van der Waals surface area contributed by atoms with E-state index in [1.165, 1.54) is 60.8 Å². The predicted molar refractivity (Wildman–Crippen MR) is 128 cm³/mol. The zero-order valence-corrected chi connectivity index (χ0v) is 19.2. The van der Waals surface area contributed by atoms with Crippen LogP contribution in [0.5, 0.6) is 0 Å². The van der Waals surface area contributed by atoms with Gasteiger partial charge in [0, 0.05) is 42.4 Å². The Kier molecular flexibility index (Phi) is 5.70. The number of morpholine rings is 1. The maximum absolute atomic E-state index is 5.54. The van der Waals surface area contributed by atoms with Crippen molar-refractivity contribution in [2.75, 3.05) is 36.9 Å². The molecule has 3 aromatic heterocycles. The van der Waals surface area contributed by atoms with Crippen molar-refractivity contribution in [3.8, 4) is 0 Å². The summed E-state index contributed by atoms with van der Waals surface area (Å²) in [4.78, 5) is 22.4. The van der Waals surface area contributed by atoms with Gasteiger partial charge in [0.15, 0.2) is 0 Å². The van der Waals surface area contributed by atoms with E-state index in [4.69, 9.17) is 14.7 Å². The van der Waals surface area contributed by atoms with E-state index in [2.05, 4.69) is 25.5 Å². The molecule has 1 saturated carbocycles. The Hall–Kier alpha value is -2.23. The number of ether oxygens (including phenoxy) is 1. The molecular formula is C23H31N7OS. The fraction of sp³-hybridized carbons (Fsp3) is 0.609. The Morgan fingerprint density at radius 3 is 2.72 bits per heavy atom. The minimum atomic E-state index is 0.459. The molecule has 3 aromatic rings. The molecule has 8 nitrogen and oxygen atoms in total. The van der Waals surface area contributed by atoms with Crippen LogP contribution < -0.4 is 10.6 Å². The number of nitrogens with zero attached hydrogens (tertiary/aromatic N) is 4. The molecule has 0 radical (unpaired) electrons. The average Bonchev–Trinajstić information content (AvgIpc) is 3.47. The van der Waals surface area contributed by atoms with Gasteiger partial charge in [-0.05, 0) is 56.9 Å². The lowest BCUT2D eigenvalue weighted by molar-refractivity contribution is 0.00791. The van der Waals surface area contributed by atoms with Gasteiger partial charge in [0.1, 0.15) is 10.6 Å². The Bertz CT molecular complexity index is 1050. The first-order valence-corrected chi connectivity index (χ1v) is 12.8. The third-order valence-electron chi connectivity index (χ3n) is 7.14. The molecule has 6 rings (SSSR count). The number of thiophene rings is 1. The molecule has 2 aliphatic carbocycles. The van der Waals surface area contributed by atoms with Crippen molar-refractivity contribution in [2.45, 2.75) is 63.5 Å². The number of aromatic amines is 1. The number of H-pyrrole nitrogens is 1. The zero-order chi connectivity index (χ0) is 21.3. The molecule has 2 fully saturated rings. The Morgan fingerprint density at radius 2 is 1.91 bits per heavy atom. The highest BCUT2D eigenvalue weighted by Crippen LogP contribution is 2.40. The summed E-state index contributed by atoms with van der Waals surface area (Å²) in [5.41, 5.74) is 1.48. The van der Waals surface area contributed by atoms with Crippen LogP contribution in [0.1, 0.15) is 49.0 Å². The standard InChI is InChI=1S/C23H31N7OS/c1-2-4-18-17(3-1)19-20(27-23(28-21(19)32-18)29-22-24-9-10-25-22)26-15-5-7-16(8-6-15)30-11-13-31-14-12-30/h9-10,15-16H,1-8,11-14H2,(H3,24,25,26,27,28,29)/t15-,16-. The SMILES string of the molecule is c1c[nH]c(Nc2nc(N[C@H]3CC[C@H](N4CCOCC4)CC3)c3c4c(sc3n2)CCCC4)n1. The highest BCUT2D eigenvalue weighted by Gasteiger charge is 2.28. The lowest BCUT2D eigenvalue weighted by atomic mass is 9.89. The van der Waals surface area contributed by atoms with Crippen molar-refractivity contribution in [3.05, 3.63) is 22.8 Å². The molecule has 0 spiro atoms. The van der Waals surface area contributed by atoms with E-state index in [1.807, 2.05) is 11.3 Å². The number of anilines is 3. The minimum absolute atomic E-state index is 0.459. The van der Waals surface area contributed by atoms with E-state index in [0.29, 0.717) is 24.0 Å². The summed E-state index contributed by atoms with van der Waals surface area (Å²) in [5, 5.41) is 8.34. The maximum atomic E-state index is 5.54. The van der Waals surface area contributed by atoms with Gasteiger partial charge in [-0.15, -0.1) is 11.3 Å². The fourth-order valence-electron chi connectivity index (χ4n) is 5.48. The van der Waals surface area contributed by atoms with Crippen LogP contribution >= 0.6 is 11.3 Å². The van der Waals surface area contributed by atoms with Crippen LogP contribution in [0.15, 0.2) is 12.4 Å². The van der Waals surface area contributed by atoms with Crippen molar-refractivity contribution in [2.24, 2.45) is 0 Å². The Labute approximate surface area is 192 Å². The zero-order valence-electron chi connectivity index (χ0n) is 18.4. The molecular weight excluding hydrogens is 422 g/mol. The van der Waals surface area contributed by atoms with Gasteiger partial charge < -0.3 is 15.0 Å². The van der Waals surface area contributed by atoms with E-state index in [0.717, 1.165) is 43.4 Å². The molecule has 4 heterocycles. The lowest BCUT2D eigenvalue weighted by Crippen LogP contribution is -2.46. The minimum Gasteiger partial charge on any atom is -0.379 e. The quantitative estimate of drug-likeness (QED) is 0.536. The number of hydrogen-bond donors (Lipinski definition) is 3. The van der Waals surface area contributed by atoms with Gasteiger partial charge in [-0.25, -0.2) is 9.97 Å². The van der Waals surface area contributed by atoms with E-state index in [1.54, 1.807) is 12.4 Å². The first kappa shape index (κ1) is 20.4. The van der Waals surface area contributed by atoms with Crippen LogP contribution in [-0.4, -0.2) is 63.2 Å². The van der Waals surface area contributed by atoms with Crippen LogP contribution in [-0.2, 0) is 17.6 Å². The fourth-order valence-corrected chi connectivity index (χ4v) is 6.74. The molecule has 3 N–H and O–H groups in total. The number of fused-ring (bicyclic) bond motifs is 3. The molecule has 0 aromatic carbocycles. The lowest BCUT2D eigenvalue weighted by Gasteiger charge is -2.39. The van der Waals surface area contributed by atoms with Gasteiger partial charge in [-0.2, -0.15) is 4.98 Å². The van der Waals surface area contributed by atoms with E-state index >= 15 is 0 Å². The number of imidazole rings is 1. The van der Waals surface area contributed by atoms with E-state index < -0.39 is 0 Å². The van der Waals surface area contributed by atoms with Crippen molar-refractivity contribution in [1.29, 1.82) is 0 Å². The van der Waals surface area contributed by atoms with Crippen molar-refractivity contribution in [1.82, 2.24) is 24.8 Å². The highest BCUT2D eigenvalue weighted by atomic mass is 32.1. The van der Waals surface area contributed by atoms with Crippen LogP contribution in [0.4, 0.5) is 17.7 Å². The second kappa shape index (κ2) is 8.96. The van der Waals surface area contributed by atoms with Crippen LogP contribution in [0.2, 0.25) is 0 Å². The second-order valence-electron chi connectivity index (χ2n) is 9.15. The van der Waals surface area contributed by atoms with Gasteiger partial charge in [0.2, 0.25) is 11.9 Å². The average molecular weight is 454 g/mol. The monoisotopic (exact) mass is 453 g/mol. The highest BCUT2D eigenvalue weighted by molar-refractivity contribution is 7.19. The summed E-state index contributed by atoms with van der Waals surface area (Å²) < 4.78 is 5.54. The Balaban J connectivity index is 1.24. The first-order chi connectivity index (χ1) is 15.8. The molecule has 0 unspecified atom stereocenters. The Morgan fingerprint density at radius 1 is 1.06 bits per heavy atom. The van der Waals surface area contributed by atoms with Crippen molar-refractivity contribution in [3.63, 3.8) is 0 Å². The first-order valence-electron chi connectivity index (χ1n) is 12.0. The van der Waals surface area contributed by atoms with Gasteiger partial charge >= 0.3 is 0 Å². The van der Waals surface area contributed by atoms with Crippen molar-refractivity contribution < 1.29 is 4.74 Å². The van der Waals surface area contributed by atoms with Gasteiger partial charge in [0.05, 0.1) is 18.6 Å². The topological polar surface area (TPSA) is 91.0 Å². The van der Waals surface area contributed by atoms with E-state index in [-0.39, 0.29) is 0 Å². The summed E-state index contributed by atoms with van der Waals surface area (Å²) in [6, 6.07) is 1.16. The third kappa shape index (κ3) is 4.09. The number of nitrogens with one attached hydrogen (secondary N) is 3. The summed E-state index contributed by atoms with van der Waals surface area (Å²) >= 11 is 1.84. The number of rotatable bonds is 5. The van der Waals surface area contributed by atoms with Gasteiger partial charge in [-0.1, -0.05) is 0 Å².